The van der Waals surface area contributed by atoms with Gasteiger partial charge < -0.3 is 5.32 Å². The van der Waals surface area contributed by atoms with Gasteiger partial charge in [0.25, 0.3) is 5.56 Å². The molecule has 1 saturated carbocycles. The van der Waals surface area contributed by atoms with Crippen LogP contribution >= 0.6 is 11.6 Å². The highest BCUT2D eigenvalue weighted by Gasteiger charge is 2.30. The van der Waals surface area contributed by atoms with Crippen molar-refractivity contribution in [2.75, 3.05) is 5.32 Å². The molecule has 9 heteroatoms. The molecule has 1 fully saturated rings. The number of aromatic nitrogens is 4. The third-order valence-corrected chi connectivity index (χ3v) is 5.83. The van der Waals surface area contributed by atoms with Gasteiger partial charge in [-0.05, 0) is 62.2 Å². The topological polar surface area (TPSA) is 98.9 Å². The highest BCUT2D eigenvalue weighted by atomic mass is 35.5. The van der Waals surface area contributed by atoms with Crippen molar-refractivity contribution < 1.29 is 9.59 Å². The monoisotopic (exact) mass is 461 g/mol. The van der Waals surface area contributed by atoms with Crippen LogP contribution < -0.4 is 10.9 Å². The summed E-state index contributed by atoms with van der Waals surface area (Å²) in [7, 11) is 0. The Morgan fingerprint density at radius 3 is 2.58 bits per heavy atom. The Hall–Kier alpha value is -3.78. The fourth-order valence-corrected chi connectivity index (χ4v) is 3.97. The fraction of sp³-hybridized carbons (Fsp3) is 0.208. The van der Waals surface area contributed by atoms with Gasteiger partial charge in [0.1, 0.15) is 12.1 Å². The van der Waals surface area contributed by atoms with Crippen molar-refractivity contribution in [3.05, 3.63) is 81.4 Å². The van der Waals surface area contributed by atoms with Gasteiger partial charge >= 0.3 is 0 Å². The van der Waals surface area contributed by atoms with Crippen LogP contribution in [-0.2, 0) is 11.3 Å². The zero-order chi connectivity index (χ0) is 23.1. The summed E-state index contributed by atoms with van der Waals surface area (Å²) in [5, 5.41) is 12.9. The number of halogens is 1. The van der Waals surface area contributed by atoms with E-state index in [4.69, 9.17) is 11.6 Å². The van der Waals surface area contributed by atoms with E-state index in [2.05, 4.69) is 15.5 Å². The van der Waals surface area contributed by atoms with Crippen LogP contribution in [0.25, 0.3) is 16.6 Å². The average molecular weight is 462 g/mol. The largest absolute Gasteiger partial charge is 0.324 e. The standard InChI is InChI=1S/C24H20ClN5O3/c1-14(31)15-7-9-18(10-8-15)27-21(32)13-29-24(33)23-20(22(28-29)16-5-6-16)12-26-30(23)19-4-2-3-17(25)11-19/h2-4,7-12,16H,5-6,13H2,1H3,(H,27,32). The SMILES string of the molecule is CC(=O)c1ccc(NC(=O)Cn2nc(C3CC3)c3cnn(-c4cccc(Cl)c4)c3c2=O)cc1. The Labute approximate surface area is 193 Å². The molecule has 5 rings (SSSR count). The molecule has 1 aliphatic rings. The smallest absolute Gasteiger partial charge is 0.293 e. The van der Waals surface area contributed by atoms with Crippen LogP contribution in [0.1, 0.15) is 41.7 Å². The van der Waals surface area contributed by atoms with E-state index < -0.39 is 11.5 Å². The lowest BCUT2D eigenvalue weighted by molar-refractivity contribution is -0.117. The molecule has 0 radical (unpaired) electrons. The quantitative estimate of drug-likeness (QED) is 0.438. The minimum absolute atomic E-state index is 0.0548. The lowest BCUT2D eigenvalue weighted by Crippen LogP contribution is -2.31. The van der Waals surface area contributed by atoms with Gasteiger partial charge in [0, 0.05) is 27.6 Å². The van der Waals surface area contributed by atoms with E-state index >= 15 is 0 Å². The first-order chi connectivity index (χ1) is 15.9. The van der Waals surface area contributed by atoms with Gasteiger partial charge in [0.15, 0.2) is 5.78 Å². The van der Waals surface area contributed by atoms with Gasteiger partial charge in [-0.1, -0.05) is 17.7 Å². The second kappa shape index (κ2) is 8.29. The fourth-order valence-electron chi connectivity index (χ4n) is 3.79. The highest BCUT2D eigenvalue weighted by Crippen LogP contribution is 2.41. The molecule has 0 bridgehead atoms. The number of fused-ring (bicyclic) bond motifs is 1. The highest BCUT2D eigenvalue weighted by molar-refractivity contribution is 6.30. The molecule has 8 nitrogen and oxygen atoms in total. The number of nitrogens with zero attached hydrogens (tertiary/aromatic N) is 4. The minimum atomic E-state index is -0.408. The molecule has 166 valence electrons. The summed E-state index contributed by atoms with van der Waals surface area (Å²) in [5.74, 6) is -0.200. The molecule has 4 aromatic rings. The number of Topliss-reactive ketones (excluding diaryl/α,β-unsaturated/α-hetero) is 1. The van der Waals surface area contributed by atoms with Crippen molar-refractivity contribution in [2.45, 2.75) is 32.2 Å². The van der Waals surface area contributed by atoms with Gasteiger partial charge in [-0.25, -0.2) is 9.36 Å². The van der Waals surface area contributed by atoms with Gasteiger partial charge in [-0.2, -0.15) is 10.2 Å². The van der Waals surface area contributed by atoms with Crippen LogP contribution in [0.15, 0.2) is 59.5 Å². The van der Waals surface area contributed by atoms with Gasteiger partial charge in [0.05, 0.1) is 17.6 Å². The van der Waals surface area contributed by atoms with Crippen LogP contribution in [-0.4, -0.2) is 31.3 Å². The molecule has 0 atom stereocenters. The van der Waals surface area contributed by atoms with Crippen LogP contribution in [0, 0.1) is 0 Å². The Balaban J connectivity index is 1.51. The maximum atomic E-state index is 13.4. The Kier molecular flexibility index (Phi) is 5.30. The molecule has 2 heterocycles. The van der Waals surface area contributed by atoms with Gasteiger partial charge in [-0.3, -0.25) is 14.4 Å². The van der Waals surface area contributed by atoms with Crippen LogP contribution in [0.5, 0.6) is 0 Å². The average Bonchev–Trinajstić information content (AvgIpc) is 3.53. The lowest BCUT2D eigenvalue weighted by Gasteiger charge is -2.11. The molecule has 33 heavy (non-hydrogen) atoms. The van der Waals surface area contributed by atoms with E-state index in [9.17, 15) is 14.4 Å². The number of anilines is 1. The molecule has 1 aliphatic carbocycles. The first-order valence-electron chi connectivity index (χ1n) is 10.6. The number of amides is 1. The maximum Gasteiger partial charge on any atom is 0.293 e. The Bertz CT molecular complexity index is 1450. The van der Waals surface area contributed by atoms with Crippen molar-refractivity contribution in [3.63, 3.8) is 0 Å². The summed E-state index contributed by atoms with van der Waals surface area (Å²) >= 11 is 6.14. The number of carbonyl (C=O) groups excluding carboxylic acids is 2. The van der Waals surface area contributed by atoms with Crippen molar-refractivity contribution in [2.24, 2.45) is 0 Å². The van der Waals surface area contributed by atoms with E-state index in [0.29, 0.717) is 32.9 Å². The summed E-state index contributed by atoms with van der Waals surface area (Å²) in [5.41, 5.74) is 2.48. The summed E-state index contributed by atoms with van der Waals surface area (Å²) in [6, 6.07) is 13.7. The molecule has 2 aromatic carbocycles. The summed E-state index contributed by atoms with van der Waals surface area (Å²) in [4.78, 5) is 37.5. The molecule has 0 unspecified atom stereocenters. The predicted octanol–water partition coefficient (Wildman–Crippen LogP) is 3.95. The summed E-state index contributed by atoms with van der Waals surface area (Å²) in [6.07, 6.45) is 3.62. The molecule has 1 amide bonds. The Morgan fingerprint density at radius 2 is 1.91 bits per heavy atom. The number of rotatable bonds is 6. The van der Waals surface area contributed by atoms with Gasteiger partial charge in [0.2, 0.25) is 5.91 Å². The number of ketones is 1. The molecule has 0 aliphatic heterocycles. The van der Waals surface area contributed by atoms with E-state index in [1.807, 2.05) is 6.07 Å². The van der Waals surface area contributed by atoms with E-state index in [0.717, 1.165) is 18.5 Å². The summed E-state index contributed by atoms with van der Waals surface area (Å²) < 4.78 is 2.74. The van der Waals surface area contributed by atoms with Crippen LogP contribution in [0.3, 0.4) is 0 Å². The zero-order valence-electron chi connectivity index (χ0n) is 17.8. The molecule has 1 N–H and O–H groups in total. The molecular formula is C24H20ClN5O3. The van der Waals surface area contributed by atoms with Crippen molar-refractivity contribution in [3.8, 4) is 5.69 Å². The van der Waals surface area contributed by atoms with Crippen LogP contribution in [0.2, 0.25) is 5.02 Å². The third-order valence-electron chi connectivity index (χ3n) is 5.60. The number of hydrogen-bond acceptors (Lipinski definition) is 5. The molecule has 0 spiro atoms. The number of benzene rings is 2. The first kappa shape index (κ1) is 21.1. The maximum absolute atomic E-state index is 13.4. The van der Waals surface area contributed by atoms with E-state index in [-0.39, 0.29) is 18.2 Å². The number of hydrogen-bond donors (Lipinski definition) is 1. The minimum Gasteiger partial charge on any atom is -0.324 e. The molecule has 0 saturated heterocycles. The third kappa shape index (κ3) is 4.17. The molecule has 2 aromatic heterocycles. The lowest BCUT2D eigenvalue weighted by atomic mass is 10.1. The van der Waals surface area contributed by atoms with Crippen molar-refractivity contribution in [1.29, 1.82) is 0 Å². The first-order valence-corrected chi connectivity index (χ1v) is 10.9. The second-order valence-corrected chi connectivity index (χ2v) is 8.54. The predicted molar refractivity (Wildman–Crippen MR) is 125 cm³/mol. The van der Waals surface area contributed by atoms with Gasteiger partial charge in [-0.15, -0.1) is 0 Å². The van der Waals surface area contributed by atoms with E-state index in [1.165, 1.54) is 11.6 Å². The molecular weight excluding hydrogens is 442 g/mol. The van der Waals surface area contributed by atoms with Crippen LogP contribution in [0.4, 0.5) is 5.69 Å². The second-order valence-electron chi connectivity index (χ2n) is 8.10. The zero-order valence-corrected chi connectivity index (χ0v) is 18.5. The van der Waals surface area contributed by atoms with E-state index in [1.54, 1.807) is 53.3 Å². The normalized spacial score (nSPS) is 13.3. The summed E-state index contributed by atoms with van der Waals surface area (Å²) in [6.45, 7) is 1.23. The van der Waals surface area contributed by atoms with Crippen molar-refractivity contribution in [1.82, 2.24) is 19.6 Å². The Morgan fingerprint density at radius 1 is 1.15 bits per heavy atom. The number of nitrogens with one attached hydrogen (secondary N) is 1. The van der Waals surface area contributed by atoms with Crippen molar-refractivity contribution >= 4 is 39.9 Å². The number of carbonyl (C=O) groups is 2.